The first-order valence-corrected chi connectivity index (χ1v) is 8.22. The lowest BCUT2D eigenvalue weighted by Crippen LogP contribution is -2.42. The van der Waals surface area contributed by atoms with Gasteiger partial charge < -0.3 is 10.6 Å². The molecule has 110 valence electrons. The van der Waals surface area contributed by atoms with Crippen molar-refractivity contribution in [2.24, 2.45) is 5.73 Å². The summed E-state index contributed by atoms with van der Waals surface area (Å²) in [7, 11) is 0. The summed E-state index contributed by atoms with van der Waals surface area (Å²) in [5, 5.41) is 2.12. The summed E-state index contributed by atoms with van der Waals surface area (Å²) in [5.74, 6) is -0.0955. The van der Waals surface area contributed by atoms with Crippen LogP contribution in [0.2, 0.25) is 0 Å². The highest BCUT2D eigenvalue weighted by atomic mass is 32.1. The number of carbonyl (C=O) groups excluding carboxylic acids is 1. The van der Waals surface area contributed by atoms with E-state index >= 15 is 0 Å². The Morgan fingerprint density at radius 1 is 1.38 bits per heavy atom. The summed E-state index contributed by atoms with van der Waals surface area (Å²) in [6.07, 6.45) is 0.954. The Bertz CT molecular complexity index is 623. The van der Waals surface area contributed by atoms with Crippen LogP contribution in [0.25, 0.3) is 0 Å². The first kappa shape index (κ1) is 14.3. The molecule has 1 aromatic carbocycles. The minimum atomic E-state index is -0.242. The van der Waals surface area contributed by atoms with Crippen LogP contribution in [0.5, 0.6) is 0 Å². The van der Waals surface area contributed by atoms with Crippen molar-refractivity contribution in [1.29, 1.82) is 0 Å². The van der Waals surface area contributed by atoms with Crippen molar-refractivity contribution in [3.8, 4) is 0 Å². The summed E-state index contributed by atoms with van der Waals surface area (Å²) < 4.78 is 0. The van der Waals surface area contributed by atoms with E-state index in [0.29, 0.717) is 6.54 Å². The Kier molecular flexibility index (Phi) is 4.08. The second-order valence-corrected chi connectivity index (χ2v) is 6.46. The molecule has 3 rings (SSSR count). The van der Waals surface area contributed by atoms with Crippen molar-refractivity contribution < 1.29 is 4.79 Å². The third-order valence-electron chi connectivity index (χ3n) is 4.30. The van der Waals surface area contributed by atoms with Crippen LogP contribution in [0.1, 0.15) is 34.9 Å². The van der Waals surface area contributed by atoms with Gasteiger partial charge in [0.15, 0.2) is 0 Å². The average Bonchev–Trinajstić information content (AvgIpc) is 2.99. The molecular weight excluding hydrogens is 280 g/mol. The Morgan fingerprint density at radius 3 is 2.86 bits per heavy atom. The minimum Gasteiger partial charge on any atom is -0.335 e. The molecule has 0 fully saturated rings. The van der Waals surface area contributed by atoms with Gasteiger partial charge in [-0.15, -0.1) is 11.3 Å². The van der Waals surface area contributed by atoms with E-state index in [9.17, 15) is 4.79 Å². The second-order valence-electron chi connectivity index (χ2n) is 5.46. The van der Waals surface area contributed by atoms with Crippen LogP contribution in [0.15, 0.2) is 41.8 Å². The number of carbonyl (C=O) groups is 1. The number of fused-ring (bicyclic) bond motifs is 1. The van der Waals surface area contributed by atoms with Crippen LogP contribution in [-0.2, 0) is 11.2 Å². The van der Waals surface area contributed by atoms with E-state index in [0.717, 1.165) is 18.5 Å². The molecule has 1 aliphatic heterocycles. The zero-order chi connectivity index (χ0) is 14.8. The summed E-state index contributed by atoms with van der Waals surface area (Å²) in [4.78, 5) is 16.3. The summed E-state index contributed by atoms with van der Waals surface area (Å²) in [6, 6.07) is 12.1. The van der Waals surface area contributed by atoms with E-state index in [1.807, 2.05) is 35.2 Å². The highest BCUT2D eigenvalue weighted by Crippen LogP contribution is 2.34. The van der Waals surface area contributed by atoms with Crippen LogP contribution in [0.3, 0.4) is 0 Å². The molecule has 0 radical (unpaired) electrons. The fourth-order valence-electron chi connectivity index (χ4n) is 3.08. The molecule has 0 bridgehead atoms. The highest BCUT2D eigenvalue weighted by molar-refractivity contribution is 7.10. The molecule has 1 aliphatic rings. The number of nitrogens with two attached hydrogens (primary N) is 1. The lowest BCUT2D eigenvalue weighted by atomic mass is 9.94. The maximum atomic E-state index is 12.9. The monoisotopic (exact) mass is 300 g/mol. The van der Waals surface area contributed by atoms with Gasteiger partial charge in [0.2, 0.25) is 5.91 Å². The van der Waals surface area contributed by atoms with Crippen LogP contribution in [0.4, 0.5) is 0 Å². The van der Waals surface area contributed by atoms with Gasteiger partial charge in [-0.25, -0.2) is 0 Å². The number of nitrogens with zero attached hydrogens (tertiary/aromatic N) is 1. The molecule has 1 aromatic heterocycles. The molecule has 21 heavy (non-hydrogen) atoms. The molecule has 2 N–H and O–H groups in total. The maximum absolute atomic E-state index is 12.9. The molecule has 3 nitrogen and oxygen atoms in total. The van der Waals surface area contributed by atoms with Gasteiger partial charge in [-0.05, 0) is 35.9 Å². The first-order chi connectivity index (χ1) is 10.2. The van der Waals surface area contributed by atoms with E-state index in [1.165, 1.54) is 10.4 Å². The Balaban J connectivity index is 1.85. The van der Waals surface area contributed by atoms with Gasteiger partial charge in [-0.2, -0.15) is 0 Å². The summed E-state index contributed by atoms with van der Waals surface area (Å²) in [5.41, 5.74) is 8.19. The predicted octanol–water partition coefficient (Wildman–Crippen LogP) is 2.94. The van der Waals surface area contributed by atoms with Crippen LogP contribution < -0.4 is 5.73 Å². The Morgan fingerprint density at radius 2 is 2.14 bits per heavy atom. The Hall–Kier alpha value is -1.65. The van der Waals surface area contributed by atoms with Crippen LogP contribution >= 0.6 is 11.3 Å². The smallest absolute Gasteiger partial charge is 0.231 e. The van der Waals surface area contributed by atoms with Gasteiger partial charge in [-0.1, -0.05) is 30.3 Å². The van der Waals surface area contributed by atoms with E-state index in [-0.39, 0.29) is 17.9 Å². The van der Waals surface area contributed by atoms with E-state index in [4.69, 9.17) is 5.73 Å². The normalized spacial score (nSPS) is 19.1. The predicted molar refractivity (Wildman–Crippen MR) is 86.4 cm³/mol. The quantitative estimate of drug-likeness (QED) is 0.947. The summed E-state index contributed by atoms with van der Waals surface area (Å²) in [6.45, 7) is 3.25. The highest BCUT2D eigenvalue weighted by Gasteiger charge is 2.32. The van der Waals surface area contributed by atoms with Crippen molar-refractivity contribution in [3.63, 3.8) is 0 Å². The molecule has 2 aromatic rings. The van der Waals surface area contributed by atoms with E-state index in [1.54, 1.807) is 11.3 Å². The van der Waals surface area contributed by atoms with Gasteiger partial charge in [-0.3, -0.25) is 4.79 Å². The zero-order valence-corrected chi connectivity index (χ0v) is 13.0. The number of thiophene rings is 1. The number of hydrogen-bond donors (Lipinski definition) is 1. The molecular formula is C17H20N2OS. The van der Waals surface area contributed by atoms with Gasteiger partial charge in [0.25, 0.3) is 0 Å². The lowest BCUT2D eigenvalue weighted by molar-refractivity contribution is -0.135. The van der Waals surface area contributed by atoms with Gasteiger partial charge in [0, 0.05) is 18.0 Å². The second kappa shape index (κ2) is 6.00. The average molecular weight is 300 g/mol. The minimum absolute atomic E-state index is 0.144. The topological polar surface area (TPSA) is 46.3 Å². The fourth-order valence-corrected chi connectivity index (χ4v) is 4.04. The fraction of sp³-hybridized carbons (Fsp3) is 0.353. The van der Waals surface area contributed by atoms with Crippen molar-refractivity contribution in [2.75, 3.05) is 13.1 Å². The standard InChI is InChI=1S/C17H20N2OS/c1-12-14-8-10-21-16(14)7-9-19(12)17(20)15(11-18)13-5-3-2-4-6-13/h2-6,8,10,12,15H,7,9,11,18H2,1H3. The molecule has 0 spiro atoms. The van der Waals surface area contributed by atoms with Crippen LogP contribution in [0, 0.1) is 0 Å². The molecule has 2 heterocycles. The largest absolute Gasteiger partial charge is 0.335 e. The molecule has 4 heteroatoms. The third-order valence-corrected chi connectivity index (χ3v) is 5.29. The van der Waals surface area contributed by atoms with Crippen molar-refractivity contribution in [2.45, 2.75) is 25.3 Å². The lowest BCUT2D eigenvalue weighted by Gasteiger charge is -2.36. The molecule has 0 saturated carbocycles. The summed E-state index contributed by atoms with van der Waals surface area (Å²) >= 11 is 1.79. The van der Waals surface area contributed by atoms with Gasteiger partial charge in [0.1, 0.15) is 0 Å². The van der Waals surface area contributed by atoms with Gasteiger partial charge >= 0.3 is 0 Å². The van der Waals surface area contributed by atoms with Crippen LogP contribution in [-0.4, -0.2) is 23.9 Å². The molecule has 2 unspecified atom stereocenters. The van der Waals surface area contributed by atoms with Crippen molar-refractivity contribution in [3.05, 3.63) is 57.8 Å². The van der Waals surface area contributed by atoms with Gasteiger partial charge in [0.05, 0.1) is 12.0 Å². The zero-order valence-electron chi connectivity index (χ0n) is 12.2. The third kappa shape index (κ3) is 2.61. The SMILES string of the molecule is CC1c2ccsc2CCN1C(=O)C(CN)c1ccccc1. The molecule has 0 saturated heterocycles. The van der Waals surface area contributed by atoms with Crippen molar-refractivity contribution in [1.82, 2.24) is 4.90 Å². The maximum Gasteiger partial charge on any atom is 0.231 e. The van der Waals surface area contributed by atoms with Crippen molar-refractivity contribution >= 4 is 17.2 Å². The molecule has 0 aliphatic carbocycles. The Labute approximate surface area is 129 Å². The number of hydrogen-bond acceptors (Lipinski definition) is 3. The number of amides is 1. The number of benzene rings is 1. The number of rotatable bonds is 3. The molecule has 1 amide bonds. The van der Waals surface area contributed by atoms with E-state index in [2.05, 4.69) is 18.4 Å². The van der Waals surface area contributed by atoms with E-state index < -0.39 is 0 Å². The first-order valence-electron chi connectivity index (χ1n) is 7.34. The molecule has 2 atom stereocenters.